The summed E-state index contributed by atoms with van der Waals surface area (Å²) in [4.78, 5) is 4.33. The standard InChI is InChI=1S/C14H13N5O2/c1-21-11-4-2-9(3-5-11)10-6-16-14-12(13(15)18-20)7-17-19(14)8-10/h2-8,20H,1H3,(H2,15,18). The molecule has 0 saturated heterocycles. The van der Waals surface area contributed by atoms with Crippen LogP contribution in [0.25, 0.3) is 16.8 Å². The Kier molecular flexibility index (Phi) is 3.15. The Morgan fingerprint density at radius 3 is 2.67 bits per heavy atom. The van der Waals surface area contributed by atoms with Crippen molar-refractivity contribution in [3.05, 3.63) is 48.4 Å². The van der Waals surface area contributed by atoms with Crippen LogP contribution in [0.1, 0.15) is 5.56 Å². The number of hydrogen-bond donors (Lipinski definition) is 2. The average Bonchev–Trinajstić information content (AvgIpc) is 2.97. The molecule has 7 heteroatoms. The topological polar surface area (TPSA) is 98.0 Å². The molecule has 0 radical (unpaired) electrons. The van der Waals surface area contributed by atoms with Crippen molar-refractivity contribution in [2.24, 2.45) is 10.9 Å². The molecule has 21 heavy (non-hydrogen) atoms. The summed E-state index contributed by atoms with van der Waals surface area (Å²) >= 11 is 0. The fraction of sp³-hybridized carbons (Fsp3) is 0.0714. The van der Waals surface area contributed by atoms with E-state index in [2.05, 4.69) is 15.2 Å². The maximum atomic E-state index is 8.73. The van der Waals surface area contributed by atoms with Crippen LogP contribution in [-0.4, -0.2) is 32.8 Å². The van der Waals surface area contributed by atoms with Crippen LogP contribution in [0.2, 0.25) is 0 Å². The summed E-state index contributed by atoms with van der Waals surface area (Å²) in [5, 5.41) is 15.9. The summed E-state index contributed by atoms with van der Waals surface area (Å²) in [5.41, 5.74) is 8.49. The first kappa shape index (κ1) is 12.9. The van der Waals surface area contributed by atoms with Crippen LogP contribution >= 0.6 is 0 Å². The van der Waals surface area contributed by atoms with Crippen LogP contribution in [0, 0.1) is 0 Å². The highest BCUT2D eigenvalue weighted by molar-refractivity contribution is 6.02. The van der Waals surface area contributed by atoms with Crippen molar-refractivity contribution in [3.8, 4) is 16.9 Å². The minimum absolute atomic E-state index is 0.0188. The number of methoxy groups -OCH3 is 1. The molecular formula is C14H13N5O2. The molecular weight excluding hydrogens is 270 g/mol. The fourth-order valence-electron chi connectivity index (χ4n) is 2.04. The van der Waals surface area contributed by atoms with Gasteiger partial charge in [0.05, 0.1) is 18.9 Å². The number of hydrogen-bond acceptors (Lipinski definition) is 5. The molecule has 7 nitrogen and oxygen atoms in total. The Morgan fingerprint density at radius 1 is 1.24 bits per heavy atom. The lowest BCUT2D eigenvalue weighted by Crippen LogP contribution is -2.13. The summed E-state index contributed by atoms with van der Waals surface area (Å²) < 4.78 is 6.72. The van der Waals surface area contributed by atoms with E-state index in [1.54, 1.807) is 17.8 Å². The maximum absolute atomic E-state index is 8.73. The third kappa shape index (κ3) is 2.25. The highest BCUT2D eigenvalue weighted by Crippen LogP contribution is 2.22. The zero-order valence-corrected chi connectivity index (χ0v) is 11.3. The Hall–Kier alpha value is -3.09. The molecule has 1 aromatic carbocycles. The van der Waals surface area contributed by atoms with Gasteiger partial charge in [0, 0.05) is 18.0 Å². The van der Waals surface area contributed by atoms with E-state index in [1.165, 1.54) is 6.20 Å². The number of nitrogens with zero attached hydrogens (tertiary/aromatic N) is 4. The molecule has 0 aliphatic heterocycles. The van der Waals surface area contributed by atoms with Gasteiger partial charge in [-0.25, -0.2) is 9.50 Å². The fourth-order valence-corrected chi connectivity index (χ4v) is 2.04. The zero-order valence-electron chi connectivity index (χ0n) is 11.3. The highest BCUT2D eigenvalue weighted by atomic mass is 16.5. The average molecular weight is 283 g/mol. The number of amidine groups is 1. The number of ether oxygens (including phenoxy) is 1. The highest BCUT2D eigenvalue weighted by Gasteiger charge is 2.10. The molecule has 0 spiro atoms. The summed E-state index contributed by atoms with van der Waals surface area (Å²) in [6.45, 7) is 0. The van der Waals surface area contributed by atoms with E-state index in [1.807, 2.05) is 30.5 Å². The largest absolute Gasteiger partial charge is 0.497 e. The molecule has 0 amide bonds. The summed E-state index contributed by atoms with van der Waals surface area (Å²) in [5.74, 6) is 0.774. The van der Waals surface area contributed by atoms with Crippen molar-refractivity contribution in [1.29, 1.82) is 0 Å². The Labute approximate surface area is 120 Å². The first-order valence-corrected chi connectivity index (χ1v) is 6.18. The number of aromatic nitrogens is 3. The first-order chi connectivity index (χ1) is 10.2. The monoisotopic (exact) mass is 283 g/mol. The quantitative estimate of drug-likeness (QED) is 0.328. The zero-order chi connectivity index (χ0) is 14.8. The van der Waals surface area contributed by atoms with Crippen LogP contribution in [0.15, 0.2) is 48.0 Å². The second-order valence-corrected chi connectivity index (χ2v) is 4.38. The predicted molar refractivity (Wildman–Crippen MR) is 77.5 cm³/mol. The first-order valence-electron chi connectivity index (χ1n) is 6.18. The van der Waals surface area contributed by atoms with E-state index >= 15 is 0 Å². The van der Waals surface area contributed by atoms with E-state index in [-0.39, 0.29) is 5.84 Å². The van der Waals surface area contributed by atoms with Crippen molar-refractivity contribution in [2.75, 3.05) is 7.11 Å². The third-order valence-corrected chi connectivity index (χ3v) is 3.16. The van der Waals surface area contributed by atoms with Gasteiger partial charge < -0.3 is 15.7 Å². The molecule has 0 aliphatic carbocycles. The van der Waals surface area contributed by atoms with Crippen molar-refractivity contribution in [2.45, 2.75) is 0 Å². The molecule has 3 aromatic rings. The normalized spacial score (nSPS) is 11.8. The van der Waals surface area contributed by atoms with Gasteiger partial charge in [-0.2, -0.15) is 5.10 Å². The van der Waals surface area contributed by atoms with Crippen LogP contribution in [0.4, 0.5) is 0 Å². The molecule has 3 rings (SSSR count). The van der Waals surface area contributed by atoms with Gasteiger partial charge in [-0.3, -0.25) is 0 Å². The predicted octanol–water partition coefficient (Wildman–Crippen LogP) is 1.50. The van der Waals surface area contributed by atoms with Gasteiger partial charge in [0.2, 0.25) is 0 Å². The van der Waals surface area contributed by atoms with Crippen LogP contribution < -0.4 is 10.5 Å². The van der Waals surface area contributed by atoms with E-state index in [4.69, 9.17) is 15.7 Å². The Balaban J connectivity index is 2.05. The van der Waals surface area contributed by atoms with Gasteiger partial charge in [-0.15, -0.1) is 0 Å². The minimum atomic E-state index is -0.0188. The molecule has 0 saturated carbocycles. The summed E-state index contributed by atoms with van der Waals surface area (Å²) in [6.07, 6.45) is 5.06. The molecule has 106 valence electrons. The Bertz CT molecular complexity index is 808. The van der Waals surface area contributed by atoms with Gasteiger partial charge in [-0.05, 0) is 17.7 Å². The Morgan fingerprint density at radius 2 is 2.00 bits per heavy atom. The van der Waals surface area contributed by atoms with Crippen molar-refractivity contribution < 1.29 is 9.94 Å². The van der Waals surface area contributed by atoms with Crippen molar-refractivity contribution in [1.82, 2.24) is 14.6 Å². The van der Waals surface area contributed by atoms with Crippen molar-refractivity contribution in [3.63, 3.8) is 0 Å². The minimum Gasteiger partial charge on any atom is -0.497 e. The van der Waals surface area contributed by atoms with E-state index in [0.717, 1.165) is 16.9 Å². The molecule has 0 atom stereocenters. The molecule has 2 heterocycles. The second kappa shape index (κ2) is 5.12. The molecule has 2 aromatic heterocycles. The lowest BCUT2D eigenvalue weighted by molar-refractivity contribution is 0.318. The van der Waals surface area contributed by atoms with Gasteiger partial charge >= 0.3 is 0 Å². The van der Waals surface area contributed by atoms with E-state index < -0.39 is 0 Å². The molecule has 0 aliphatic rings. The number of oxime groups is 1. The van der Waals surface area contributed by atoms with Gasteiger partial charge in [0.1, 0.15) is 5.75 Å². The second-order valence-electron chi connectivity index (χ2n) is 4.38. The van der Waals surface area contributed by atoms with Crippen LogP contribution in [0.5, 0.6) is 5.75 Å². The lowest BCUT2D eigenvalue weighted by atomic mass is 10.1. The van der Waals surface area contributed by atoms with Gasteiger partial charge in [0.15, 0.2) is 11.5 Å². The molecule has 0 bridgehead atoms. The summed E-state index contributed by atoms with van der Waals surface area (Å²) in [6, 6.07) is 7.64. The maximum Gasteiger partial charge on any atom is 0.175 e. The number of nitrogens with two attached hydrogens (primary N) is 1. The molecule has 0 unspecified atom stereocenters. The number of rotatable bonds is 3. The van der Waals surface area contributed by atoms with Gasteiger partial charge in [-0.1, -0.05) is 17.3 Å². The number of benzene rings is 1. The van der Waals surface area contributed by atoms with E-state index in [9.17, 15) is 0 Å². The van der Waals surface area contributed by atoms with Crippen LogP contribution in [0.3, 0.4) is 0 Å². The van der Waals surface area contributed by atoms with Crippen LogP contribution in [-0.2, 0) is 0 Å². The summed E-state index contributed by atoms with van der Waals surface area (Å²) in [7, 11) is 1.63. The smallest absolute Gasteiger partial charge is 0.175 e. The van der Waals surface area contributed by atoms with E-state index in [0.29, 0.717) is 11.2 Å². The molecule has 0 fully saturated rings. The third-order valence-electron chi connectivity index (χ3n) is 3.16. The lowest BCUT2D eigenvalue weighted by Gasteiger charge is -2.04. The number of fused-ring (bicyclic) bond motifs is 1. The van der Waals surface area contributed by atoms with Crippen molar-refractivity contribution >= 4 is 11.5 Å². The van der Waals surface area contributed by atoms with Gasteiger partial charge in [0.25, 0.3) is 0 Å². The SMILES string of the molecule is COc1ccc(-c2cnc3c(/C(N)=N/O)cnn3c2)cc1. The molecule has 3 N–H and O–H groups in total.